The molecule has 1 aliphatic rings. The van der Waals surface area contributed by atoms with Crippen LogP contribution in [0.3, 0.4) is 0 Å². The van der Waals surface area contributed by atoms with E-state index in [1.807, 2.05) is 6.92 Å². The van der Waals surface area contributed by atoms with Gasteiger partial charge in [0, 0.05) is 54.6 Å². The number of alkyl halides is 3. The average molecular weight is 525 g/mol. The van der Waals surface area contributed by atoms with Crippen LogP contribution in [0.1, 0.15) is 23.7 Å². The van der Waals surface area contributed by atoms with Gasteiger partial charge in [-0.3, -0.25) is 14.0 Å². The van der Waals surface area contributed by atoms with Crippen molar-refractivity contribution in [2.45, 2.75) is 31.6 Å². The molecule has 5 aromatic rings. The lowest BCUT2D eigenvalue weighted by Crippen LogP contribution is -2.38. The van der Waals surface area contributed by atoms with Gasteiger partial charge in [0.05, 0.1) is 11.7 Å². The van der Waals surface area contributed by atoms with Crippen LogP contribution >= 0.6 is 0 Å². The summed E-state index contributed by atoms with van der Waals surface area (Å²) in [6.45, 7) is 2.28. The third-order valence-electron chi connectivity index (χ3n) is 7.20. The molecule has 12 heteroatoms. The standard InChI is InChI=1S/C26H24F4N8/c1-14-19(11-32-36(14)2)18-10-22-15(9-20(18)27)3-5-21(33-22)25-35-34-23-6-4-16(12-38(23)25)24(26(28,29)30)37-8-7-17(31)13-37/h3-6,9-12,17,24H,7-8,13,31H2,1-2H3/t17-,24+/m0/s1. The number of likely N-dealkylation sites (tertiary alicyclic amines) is 1. The molecule has 0 unspecified atom stereocenters. The van der Waals surface area contributed by atoms with E-state index in [9.17, 15) is 17.6 Å². The second-order valence-corrected chi connectivity index (χ2v) is 9.69. The van der Waals surface area contributed by atoms with Crippen LogP contribution in [0.2, 0.25) is 0 Å². The van der Waals surface area contributed by atoms with Gasteiger partial charge in [0.15, 0.2) is 11.5 Å². The average Bonchev–Trinajstić information content (AvgIpc) is 3.57. The number of hydrogen-bond donors (Lipinski definition) is 1. The molecule has 5 heterocycles. The second kappa shape index (κ2) is 8.84. The van der Waals surface area contributed by atoms with Gasteiger partial charge in [-0.2, -0.15) is 18.3 Å². The predicted octanol–water partition coefficient (Wildman–Crippen LogP) is 4.43. The summed E-state index contributed by atoms with van der Waals surface area (Å²) in [5, 5.41) is 13.1. The number of benzene rings is 1. The van der Waals surface area contributed by atoms with Crippen molar-refractivity contribution in [2.24, 2.45) is 12.8 Å². The Kier molecular flexibility index (Phi) is 5.69. The summed E-state index contributed by atoms with van der Waals surface area (Å²) >= 11 is 0. The lowest BCUT2D eigenvalue weighted by Gasteiger charge is -2.30. The summed E-state index contributed by atoms with van der Waals surface area (Å²) < 4.78 is 60.6. The fraction of sp³-hybridized carbons (Fsp3) is 0.308. The maximum Gasteiger partial charge on any atom is 0.408 e. The number of nitrogens with zero attached hydrogens (tertiary/aromatic N) is 7. The van der Waals surface area contributed by atoms with E-state index in [-0.39, 0.29) is 30.5 Å². The Hall–Kier alpha value is -3.90. The maximum atomic E-state index is 15.0. The first-order valence-corrected chi connectivity index (χ1v) is 12.1. The van der Waals surface area contributed by atoms with Gasteiger partial charge in [-0.05, 0) is 43.2 Å². The summed E-state index contributed by atoms with van der Waals surface area (Å²) in [5.74, 6) is -0.119. The lowest BCUT2D eigenvalue weighted by atomic mass is 10.0. The number of nitrogens with two attached hydrogens (primary N) is 1. The minimum atomic E-state index is -4.49. The van der Waals surface area contributed by atoms with Crippen molar-refractivity contribution in [3.63, 3.8) is 0 Å². The Morgan fingerprint density at radius 3 is 2.58 bits per heavy atom. The van der Waals surface area contributed by atoms with E-state index in [0.29, 0.717) is 39.8 Å². The van der Waals surface area contributed by atoms with Crippen molar-refractivity contribution in [3.8, 4) is 22.6 Å². The zero-order valence-electron chi connectivity index (χ0n) is 20.6. The second-order valence-electron chi connectivity index (χ2n) is 9.69. The quantitative estimate of drug-likeness (QED) is 0.350. The molecule has 4 aromatic heterocycles. The highest BCUT2D eigenvalue weighted by molar-refractivity contribution is 5.86. The van der Waals surface area contributed by atoms with Gasteiger partial charge in [0.2, 0.25) is 0 Å². The van der Waals surface area contributed by atoms with Crippen molar-refractivity contribution in [1.29, 1.82) is 0 Å². The zero-order chi connectivity index (χ0) is 26.8. The molecule has 0 radical (unpaired) electrons. The maximum absolute atomic E-state index is 15.0. The van der Waals surface area contributed by atoms with E-state index in [1.54, 1.807) is 36.1 Å². The summed E-state index contributed by atoms with van der Waals surface area (Å²) in [4.78, 5) is 6.04. The van der Waals surface area contributed by atoms with Crippen molar-refractivity contribution >= 4 is 16.6 Å². The molecule has 2 atom stereocenters. The smallest absolute Gasteiger partial charge is 0.326 e. The van der Waals surface area contributed by atoms with Crippen molar-refractivity contribution in [3.05, 3.63) is 65.9 Å². The monoisotopic (exact) mass is 524 g/mol. The molecule has 0 bridgehead atoms. The Balaban J connectivity index is 1.45. The number of aryl methyl sites for hydroxylation is 1. The molecule has 0 saturated carbocycles. The Morgan fingerprint density at radius 1 is 1.08 bits per heavy atom. The third kappa shape index (κ3) is 4.09. The SMILES string of the molecule is Cc1c(-c2cc3nc(-c4nnc5ccc([C@@H](N6CC[C@H](N)C6)C(F)(F)F)cn45)ccc3cc2F)cnn1C. The van der Waals surface area contributed by atoms with E-state index in [4.69, 9.17) is 5.73 Å². The van der Waals surface area contributed by atoms with Crippen molar-refractivity contribution < 1.29 is 17.6 Å². The van der Waals surface area contributed by atoms with Crippen LogP contribution in [-0.4, -0.2) is 59.6 Å². The van der Waals surface area contributed by atoms with E-state index in [0.717, 1.165) is 5.69 Å². The van der Waals surface area contributed by atoms with E-state index < -0.39 is 18.0 Å². The van der Waals surface area contributed by atoms with Crippen LogP contribution in [0.5, 0.6) is 0 Å². The fourth-order valence-electron chi connectivity index (χ4n) is 5.14. The van der Waals surface area contributed by atoms with Crippen LogP contribution in [0.25, 0.3) is 39.2 Å². The van der Waals surface area contributed by atoms with E-state index >= 15 is 0 Å². The molecule has 0 aliphatic carbocycles. The minimum absolute atomic E-state index is 0.0670. The molecule has 38 heavy (non-hydrogen) atoms. The van der Waals surface area contributed by atoms with Crippen LogP contribution in [0.15, 0.2) is 48.8 Å². The molecule has 1 aliphatic heterocycles. The van der Waals surface area contributed by atoms with Crippen LogP contribution in [0, 0.1) is 12.7 Å². The highest BCUT2D eigenvalue weighted by atomic mass is 19.4. The first-order valence-electron chi connectivity index (χ1n) is 12.1. The molecule has 8 nitrogen and oxygen atoms in total. The molecule has 1 aromatic carbocycles. The molecule has 196 valence electrons. The molecular formula is C26H24F4N8. The molecule has 0 amide bonds. The summed E-state index contributed by atoms with van der Waals surface area (Å²) in [6.07, 6.45) is -0.970. The molecule has 2 N–H and O–H groups in total. The van der Waals surface area contributed by atoms with Gasteiger partial charge in [0.1, 0.15) is 17.6 Å². The lowest BCUT2D eigenvalue weighted by molar-refractivity contribution is -0.183. The van der Waals surface area contributed by atoms with E-state index in [2.05, 4.69) is 20.3 Å². The minimum Gasteiger partial charge on any atom is -0.326 e. The normalized spacial score (nSPS) is 17.6. The number of fused-ring (bicyclic) bond motifs is 2. The number of pyridine rings is 2. The molecule has 6 rings (SSSR count). The summed E-state index contributed by atoms with van der Waals surface area (Å²) in [5.41, 5.74) is 9.07. The predicted molar refractivity (Wildman–Crippen MR) is 134 cm³/mol. The molecule has 1 fully saturated rings. The fourth-order valence-corrected chi connectivity index (χ4v) is 5.14. The first-order chi connectivity index (χ1) is 18.1. The number of aromatic nitrogens is 6. The van der Waals surface area contributed by atoms with E-state index in [1.165, 1.54) is 33.7 Å². The van der Waals surface area contributed by atoms with Gasteiger partial charge in [-0.15, -0.1) is 10.2 Å². The van der Waals surface area contributed by atoms with Gasteiger partial charge < -0.3 is 5.73 Å². The summed E-state index contributed by atoms with van der Waals surface area (Å²) in [7, 11) is 1.78. The van der Waals surface area contributed by atoms with Gasteiger partial charge in [-0.1, -0.05) is 12.1 Å². The topological polar surface area (TPSA) is 90.2 Å². The van der Waals surface area contributed by atoms with Gasteiger partial charge >= 0.3 is 6.18 Å². The molecular weight excluding hydrogens is 500 g/mol. The van der Waals surface area contributed by atoms with Crippen molar-refractivity contribution in [1.82, 2.24) is 34.3 Å². The highest BCUT2D eigenvalue weighted by Crippen LogP contribution is 2.39. The summed E-state index contributed by atoms with van der Waals surface area (Å²) in [6, 6.07) is 7.26. The first kappa shape index (κ1) is 24.4. The Labute approximate surface area is 214 Å². The van der Waals surface area contributed by atoms with Gasteiger partial charge in [-0.25, -0.2) is 9.37 Å². The number of hydrogen-bond acceptors (Lipinski definition) is 6. The number of rotatable bonds is 4. The van der Waals surface area contributed by atoms with Crippen molar-refractivity contribution in [2.75, 3.05) is 13.1 Å². The largest absolute Gasteiger partial charge is 0.408 e. The Morgan fingerprint density at radius 2 is 1.89 bits per heavy atom. The zero-order valence-corrected chi connectivity index (χ0v) is 20.6. The van der Waals surface area contributed by atoms with Gasteiger partial charge in [0.25, 0.3) is 0 Å². The third-order valence-corrected chi connectivity index (χ3v) is 7.20. The number of halogens is 4. The molecule has 0 spiro atoms. The van der Waals surface area contributed by atoms with Crippen LogP contribution < -0.4 is 5.73 Å². The Bertz CT molecular complexity index is 1670. The van der Waals surface area contributed by atoms with Crippen LogP contribution in [0.4, 0.5) is 17.6 Å². The van der Waals surface area contributed by atoms with Crippen LogP contribution in [-0.2, 0) is 7.05 Å². The molecule has 1 saturated heterocycles. The highest BCUT2D eigenvalue weighted by Gasteiger charge is 2.46.